The second kappa shape index (κ2) is 6.46. The van der Waals surface area contributed by atoms with Crippen molar-refractivity contribution in [2.45, 2.75) is 31.7 Å². The van der Waals surface area contributed by atoms with E-state index in [0.717, 1.165) is 29.5 Å². The van der Waals surface area contributed by atoms with E-state index in [2.05, 4.69) is 0 Å². The van der Waals surface area contributed by atoms with E-state index in [9.17, 15) is 15.2 Å². The Hall–Kier alpha value is -2.44. The van der Waals surface area contributed by atoms with Gasteiger partial charge in [-0.25, -0.2) is 0 Å². The summed E-state index contributed by atoms with van der Waals surface area (Å²) in [6.07, 6.45) is 1.47. The molecule has 3 atom stereocenters. The van der Waals surface area contributed by atoms with Gasteiger partial charge in [0.1, 0.15) is 11.9 Å². The molecule has 0 amide bonds. The van der Waals surface area contributed by atoms with Gasteiger partial charge in [0, 0.05) is 24.2 Å². The summed E-state index contributed by atoms with van der Waals surface area (Å²) >= 11 is 0. The number of nitro groups is 1. The fourth-order valence-electron chi connectivity index (χ4n) is 3.88. The molecule has 0 aliphatic carbocycles. The van der Waals surface area contributed by atoms with Crippen molar-refractivity contribution in [3.05, 3.63) is 69.3 Å². The van der Waals surface area contributed by atoms with E-state index in [-0.39, 0.29) is 30.4 Å². The molecule has 0 bridgehead atoms. The zero-order valence-corrected chi connectivity index (χ0v) is 13.6. The maximum Gasteiger partial charge on any atom is 0.273 e. The first-order chi connectivity index (χ1) is 12.2. The molecular formula is C19H19NO5. The Labute approximate surface area is 145 Å². The fraction of sp³-hybridized carbons (Fsp3) is 0.368. The number of hydrogen-bond donors (Lipinski definition) is 1. The highest BCUT2D eigenvalue weighted by Crippen LogP contribution is 2.51. The molecule has 1 N–H and O–H groups in total. The van der Waals surface area contributed by atoms with E-state index < -0.39 is 4.92 Å². The van der Waals surface area contributed by atoms with E-state index in [1.165, 1.54) is 12.1 Å². The number of nitrogens with zero attached hydrogens (tertiary/aromatic N) is 1. The molecule has 4 rings (SSSR count). The summed E-state index contributed by atoms with van der Waals surface area (Å²) in [5.74, 6) is 0.616. The van der Waals surface area contributed by atoms with Crippen molar-refractivity contribution in [2.75, 3.05) is 6.61 Å². The summed E-state index contributed by atoms with van der Waals surface area (Å²) in [7, 11) is 0. The minimum atomic E-state index is -0.422. The summed E-state index contributed by atoms with van der Waals surface area (Å²) in [6, 6.07) is 12.3. The zero-order valence-electron chi connectivity index (χ0n) is 13.6. The lowest BCUT2D eigenvalue weighted by Gasteiger charge is -2.42. The van der Waals surface area contributed by atoms with Crippen LogP contribution in [0.2, 0.25) is 0 Å². The van der Waals surface area contributed by atoms with Crippen molar-refractivity contribution in [1.29, 1.82) is 0 Å². The van der Waals surface area contributed by atoms with Gasteiger partial charge in [0.25, 0.3) is 5.69 Å². The second-order valence-corrected chi connectivity index (χ2v) is 6.47. The van der Waals surface area contributed by atoms with Gasteiger partial charge in [0.05, 0.1) is 23.7 Å². The number of rotatable bonds is 3. The molecule has 2 aromatic rings. The fourth-order valence-corrected chi connectivity index (χ4v) is 3.88. The lowest BCUT2D eigenvalue weighted by Crippen LogP contribution is -2.35. The molecule has 0 unspecified atom stereocenters. The molecule has 1 saturated heterocycles. The van der Waals surface area contributed by atoms with Gasteiger partial charge in [-0.3, -0.25) is 10.1 Å². The number of aliphatic hydroxyl groups excluding tert-OH is 1. The molecule has 0 radical (unpaired) electrons. The molecule has 0 aromatic heterocycles. The van der Waals surface area contributed by atoms with Gasteiger partial charge in [-0.2, -0.15) is 0 Å². The molecular weight excluding hydrogens is 322 g/mol. The van der Waals surface area contributed by atoms with Gasteiger partial charge in [-0.05, 0) is 30.0 Å². The normalized spacial score (nSPS) is 24.8. The molecule has 2 aliphatic heterocycles. The van der Waals surface area contributed by atoms with Crippen molar-refractivity contribution in [3.8, 4) is 5.75 Å². The highest BCUT2D eigenvalue weighted by molar-refractivity contribution is 5.48. The molecule has 2 aromatic carbocycles. The monoisotopic (exact) mass is 341 g/mol. The van der Waals surface area contributed by atoms with E-state index in [1.54, 1.807) is 6.07 Å². The number of nitro benzene ring substituents is 1. The van der Waals surface area contributed by atoms with Crippen molar-refractivity contribution in [2.24, 2.45) is 5.92 Å². The standard InChI is InChI=1S/C19H19NO5/c21-11-12-4-1-2-5-14(12)19-16-6-3-9-24-18(16)15-8-7-13(20(22)23)10-17(15)25-19/h1-2,4-5,7-8,10,16,18-19,21H,3,6,9,11H2/t16-,18+,19+/m1/s1. The number of fused-ring (bicyclic) bond motifs is 3. The van der Waals surface area contributed by atoms with Crippen molar-refractivity contribution < 1.29 is 19.5 Å². The van der Waals surface area contributed by atoms with E-state index >= 15 is 0 Å². The Morgan fingerprint density at radius 2 is 2.00 bits per heavy atom. The van der Waals surface area contributed by atoms with Crippen LogP contribution >= 0.6 is 0 Å². The van der Waals surface area contributed by atoms with Gasteiger partial charge in [-0.15, -0.1) is 0 Å². The molecule has 0 spiro atoms. The predicted octanol–water partition coefficient (Wildman–Crippen LogP) is 3.69. The lowest BCUT2D eigenvalue weighted by atomic mass is 9.79. The Morgan fingerprint density at radius 1 is 1.16 bits per heavy atom. The van der Waals surface area contributed by atoms with Gasteiger partial charge >= 0.3 is 0 Å². The van der Waals surface area contributed by atoms with Crippen molar-refractivity contribution >= 4 is 5.69 Å². The number of ether oxygens (including phenoxy) is 2. The van der Waals surface area contributed by atoms with Crippen LogP contribution in [-0.2, 0) is 11.3 Å². The molecule has 6 nitrogen and oxygen atoms in total. The van der Waals surface area contributed by atoms with Gasteiger partial charge in [0.15, 0.2) is 0 Å². The predicted molar refractivity (Wildman–Crippen MR) is 90.2 cm³/mol. The van der Waals surface area contributed by atoms with Crippen LogP contribution in [0.25, 0.3) is 0 Å². The van der Waals surface area contributed by atoms with Crippen LogP contribution < -0.4 is 4.74 Å². The van der Waals surface area contributed by atoms with Crippen LogP contribution in [-0.4, -0.2) is 16.6 Å². The summed E-state index contributed by atoms with van der Waals surface area (Å²) in [6.45, 7) is 0.599. The lowest BCUT2D eigenvalue weighted by molar-refractivity contribution is -0.385. The number of benzene rings is 2. The molecule has 2 aliphatic rings. The third-order valence-corrected chi connectivity index (χ3v) is 5.06. The second-order valence-electron chi connectivity index (χ2n) is 6.47. The van der Waals surface area contributed by atoms with Gasteiger partial charge in [0.2, 0.25) is 0 Å². The van der Waals surface area contributed by atoms with E-state index in [1.807, 2.05) is 24.3 Å². The van der Waals surface area contributed by atoms with Gasteiger partial charge < -0.3 is 14.6 Å². The van der Waals surface area contributed by atoms with Crippen LogP contribution in [0.4, 0.5) is 5.69 Å². The first-order valence-electron chi connectivity index (χ1n) is 8.44. The maximum atomic E-state index is 11.1. The van der Waals surface area contributed by atoms with Crippen LogP contribution in [0.5, 0.6) is 5.75 Å². The first-order valence-corrected chi connectivity index (χ1v) is 8.44. The van der Waals surface area contributed by atoms with Crippen LogP contribution in [0.15, 0.2) is 42.5 Å². The Kier molecular flexibility index (Phi) is 4.15. The largest absolute Gasteiger partial charge is 0.485 e. The van der Waals surface area contributed by atoms with Gasteiger partial charge in [-0.1, -0.05) is 24.3 Å². The van der Waals surface area contributed by atoms with Crippen molar-refractivity contribution in [3.63, 3.8) is 0 Å². The Morgan fingerprint density at radius 3 is 2.80 bits per heavy atom. The number of non-ortho nitro benzene ring substituents is 1. The number of hydrogen-bond acceptors (Lipinski definition) is 5. The highest BCUT2D eigenvalue weighted by atomic mass is 16.6. The average Bonchev–Trinajstić information content (AvgIpc) is 2.66. The molecule has 25 heavy (non-hydrogen) atoms. The van der Waals surface area contributed by atoms with Crippen LogP contribution in [0.3, 0.4) is 0 Å². The highest BCUT2D eigenvalue weighted by Gasteiger charge is 2.42. The quantitative estimate of drug-likeness (QED) is 0.680. The van der Waals surface area contributed by atoms with E-state index in [0.29, 0.717) is 12.4 Å². The summed E-state index contributed by atoms with van der Waals surface area (Å²) in [4.78, 5) is 10.7. The summed E-state index contributed by atoms with van der Waals surface area (Å²) < 4.78 is 12.2. The topological polar surface area (TPSA) is 81.8 Å². The Bertz CT molecular complexity index is 806. The first kappa shape index (κ1) is 16.1. The molecule has 6 heteroatoms. The molecule has 2 heterocycles. The van der Waals surface area contributed by atoms with E-state index in [4.69, 9.17) is 9.47 Å². The SMILES string of the molecule is O=[N+]([O-])c1ccc2c(c1)O[C@@H](c1ccccc1CO)[C@@H]1CCCO[C@@H]21. The summed E-state index contributed by atoms with van der Waals surface area (Å²) in [5, 5.41) is 20.8. The third kappa shape index (κ3) is 2.77. The van der Waals surface area contributed by atoms with Crippen LogP contribution in [0.1, 0.15) is 41.7 Å². The minimum absolute atomic E-state index is 0.00204. The van der Waals surface area contributed by atoms with Crippen molar-refractivity contribution in [1.82, 2.24) is 0 Å². The van der Waals surface area contributed by atoms with Crippen LogP contribution in [0, 0.1) is 16.0 Å². The third-order valence-electron chi connectivity index (χ3n) is 5.06. The molecule has 1 fully saturated rings. The molecule has 0 saturated carbocycles. The molecule has 130 valence electrons. The Balaban J connectivity index is 1.81. The zero-order chi connectivity index (χ0) is 17.4. The average molecular weight is 341 g/mol. The minimum Gasteiger partial charge on any atom is -0.485 e. The smallest absolute Gasteiger partial charge is 0.273 e. The number of aliphatic hydroxyl groups is 1. The maximum absolute atomic E-state index is 11.1. The summed E-state index contributed by atoms with van der Waals surface area (Å²) in [5.41, 5.74) is 2.60.